The highest BCUT2D eigenvalue weighted by atomic mass is 16.5. The van der Waals surface area contributed by atoms with Gasteiger partial charge in [-0.05, 0) is 48.7 Å². The summed E-state index contributed by atoms with van der Waals surface area (Å²) in [6.07, 6.45) is -0.582. The van der Waals surface area contributed by atoms with Crippen molar-refractivity contribution in [2.75, 3.05) is 0 Å². The summed E-state index contributed by atoms with van der Waals surface area (Å²) in [6, 6.07) is 14.2. The van der Waals surface area contributed by atoms with Gasteiger partial charge in [-0.25, -0.2) is 4.79 Å². The van der Waals surface area contributed by atoms with Gasteiger partial charge in [-0.2, -0.15) is 0 Å². The van der Waals surface area contributed by atoms with Gasteiger partial charge in [-0.1, -0.05) is 39.0 Å². The Balaban J connectivity index is 1.54. The van der Waals surface area contributed by atoms with Crippen molar-refractivity contribution in [3.63, 3.8) is 0 Å². The number of nitrogens with zero attached hydrogens (tertiary/aromatic N) is 1. The lowest BCUT2D eigenvalue weighted by atomic mass is 9.66. The maximum atomic E-state index is 13.3. The smallest absolute Gasteiger partial charge is 0.322 e. The van der Waals surface area contributed by atoms with E-state index < -0.39 is 47.2 Å². The van der Waals surface area contributed by atoms with E-state index in [4.69, 9.17) is 4.74 Å². The number of urea groups is 1. The molecule has 0 aliphatic carbocycles. The van der Waals surface area contributed by atoms with E-state index >= 15 is 0 Å². The summed E-state index contributed by atoms with van der Waals surface area (Å²) in [7, 11) is 0. The maximum absolute atomic E-state index is 13.3. The maximum Gasteiger partial charge on any atom is 0.322 e. The minimum atomic E-state index is -1.61. The van der Waals surface area contributed by atoms with E-state index in [0.717, 1.165) is 22.2 Å². The fourth-order valence-electron chi connectivity index (χ4n) is 4.76. The zero-order chi connectivity index (χ0) is 27.7. The van der Waals surface area contributed by atoms with E-state index in [1.165, 1.54) is 0 Å². The third kappa shape index (κ3) is 5.29. The summed E-state index contributed by atoms with van der Waals surface area (Å²) in [5, 5.41) is 18.0. The van der Waals surface area contributed by atoms with Crippen molar-refractivity contribution in [1.29, 1.82) is 0 Å². The van der Waals surface area contributed by atoms with Gasteiger partial charge in [0.25, 0.3) is 11.8 Å². The van der Waals surface area contributed by atoms with Crippen LogP contribution >= 0.6 is 0 Å². The monoisotopic (exact) mass is 518 g/mol. The lowest BCUT2D eigenvalue weighted by Gasteiger charge is -2.47. The average molecular weight is 519 g/mol. The average Bonchev–Trinajstić information content (AvgIpc) is 3.19. The zero-order valence-electron chi connectivity index (χ0n) is 21.6. The Kier molecular flexibility index (Phi) is 7.08. The molecule has 10 heteroatoms. The Morgan fingerprint density at radius 3 is 2.37 bits per heavy atom. The molecule has 2 atom stereocenters. The Morgan fingerprint density at radius 1 is 1.08 bits per heavy atom. The number of carboxylic acids is 1. The number of para-hydroxylation sites is 1. The number of aromatic nitrogens is 1. The molecule has 1 saturated heterocycles. The molecule has 2 unspecified atom stereocenters. The molecule has 4 N–H and O–H groups in total. The minimum Gasteiger partial charge on any atom is -0.489 e. The van der Waals surface area contributed by atoms with Crippen LogP contribution in [0.1, 0.15) is 48.8 Å². The van der Waals surface area contributed by atoms with Crippen molar-refractivity contribution in [2.24, 2.45) is 5.41 Å². The lowest BCUT2D eigenvalue weighted by molar-refractivity contribution is -0.141. The van der Waals surface area contributed by atoms with Crippen LogP contribution in [0.2, 0.25) is 0 Å². The van der Waals surface area contributed by atoms with E-state index in [-0.39, 0.29) is 5.56 Å². The number of ether oxygens (including phenoxy) is 1. The zero-order valence-corrected chi connectivity index (χ0v) is 21.6. The van der Waals surface area contributed by atoms with Crippen LogP contribution < -0.4 is 20.7 Å². The molecule has 198 valence electrons. The van der Waals surface area contributed by atoms with Gasteiger partial charge in [0.15, 0.2) is 0 Å². The van der Waals surface area contributed by atoms with Crippen LogP contribution in [-0.4, -0.2) is 45.5 Å². The number of imide groups is 1. The number of pyridine rings is 1. The van der Waals surface area contributed by atoms with Gasteiger partial charge in [-0.3, -0.25) is 24.7 Å². The van der Waals surface area contributed by atoms with Crippen molar-refractivity contribution in [3.8, 4) is 5.75 Å². The first-order chi connectivity index (χ1) is 17.9. The van der Waals surface area contributed by atoms with Gasteiger partial charge >= 0.3 is 12.0 Å². The van der Waals surface area contributed by atoms with Crippen molar-refractivity contribution >= 4 is 34.7 Å². The topological polar surface area (TPSA) is 147 Å². The number of benzene rings is 2. The molecule has 1 aromatic heterocycles. The van der Waals surface area contributed by atoms with Crippen LogP contribution in [0, 0.1) is 12.3 Å². The van der Waals surface area contributed by atoms with Gasteiger partial charge in [0.1, 0.15) is 18.4 Å². The minimum absolute atomic E-state index is 0.242. The number of aryl methyl sites for hydroxylation is 1. The first-order valence-corrected chi connectivity index (χ1v) is 12.1. The van der Waals surface area contributed by atoms with E-state index in [2.05, 4.69) is 20.9 Å². The number of nitrogens with one attached hydrogen (secondary N) is 3. The number of aliphatic carboxylic acids is 1. The number of carbonyl (C=O) groups is 4. The highest BCUT2D eigenvalue weighted by Gasteiger charge is 2.56. The summed E-state index contributed by atoms with van der Waals surface area (Å²) >= 11 is 0. The first-order valence-electron chi connectivity index (χ1n) is 12.1. The Morgan fingerprint density at radius 2 is 1.76 bits per heavy atom. The normalized spacial score (nSPS) is 16.9. The number of rotatable bonds is 8. The molecule has 4 amide bonds. The summed E-state index contributed by atoms with van der Waals surface area (Å²) in [6.45, 7) is 7.34. The largest absolute Gasteiger partial charge is 0.489 e. The molecule has 0 radical (unpaired) electrons. The van der Waals surface area contributed by atoms with E-state index in [9.17, 15) is 24.3 Å². The predicted molar refractivity (Wildman–Crippen MR) is 140 cm³/mol. The number of hydrogen-bond donors (Lipinski definition) is 4. The molecule has 1 aliphatic heterocycles. The lowest BCUT2D eigenvalue weighted by Crippen LogP contribution is -2.69. The molecule has 3 aromatic rings. The quantitative estimate of drug-likeness (QED) is 0.335. The van der Waals surface area contributed by atoms with Crippen molar-refractivity contribution in [3.05, 3.63) is 71.4 Å². The summed E-state index contributed by atoms with van der Waals surface area (Å²) < 4.78 is 5.97. The third-order valence-corrected chi connectivity index (χ3v) is 6.81. The van der Waals surface area contributed by atoms with Gasteiger partial charge in [0.2, 0.25) is 0 Å². The first kappa shape index (κ1) is 26.6. The molecule has 38 heavy (non-hydrogen) atoms. The Hall–Kier alpha value is -4.47. The highest BCUT2D eigenvalue weighted by molar-refractivity contribution is 6.06. The fourth-order valence-corrected chi connectivity index (χ4v) is 4.76. The van der Waals surface area contributed by atoms with Crippen molar-refractivity contribution < 1.29 is 29.0 Å². The second-order valence-corrected chi connectivity index (χ2v) is 10.4. The molecule has 0 bridgehead atoms. The van der Waals surface area contributed by atoms with Crippen molar-refractivity contribution in [2.45, 2.75) is 52.3 Å². The highest BCUT2D eigenvalue weighted by Crippen LogP contribution is 2.38. The molecular weight excluding hydrogens is 488 g/mol. The van der Waals surface area contributed by atoms with Crippen molar-refractivity contribution in [1.82, 2.24) is 20.9 Å². The fraction of sp³-hybridized carbons (Fsp3) is 0.321. The number of carbonyl (C=O) groups excluding carboxylic acids is 3. The second kappa shape index (κ2) is 10.1. The third-order valence-electron chi connectivity index (χ3n) is 6.81. The number of hydrogen-bond acceptors (Lipinski definition) is 6. The molecule has 2 aromatic carbocycles. The van der Waals surface area contributed by atoms with E-state index in [1.54, 1.807) is 45.0 Å². The van der Waals surface area contributed by atoms with E-state index in [0.29, 0.717) is 12.4 Å². The molecule has 2 heterocycles. The number of fused-ring (bicyclic) bond motifs is 1. The van der Waals surface area contributed by atoms with E-state index in [1.807, 2.05) is 37.3 Å². The molecule has 1 aliphatic rings. The van der Waals surface area contributed by atoms with Crippen LogP contribution in [0.25, 0.3) is 10.9 Å². The molecule has 4 rings (SSSR count). The Bertz CT molecular complexity index is 1410. The van der Waals surface area contributed by atoms with Crippen LogP contribution in [0.15, 0.2) is 54.6 Å². The molecule has 10 nitrogen and oxygen atoms in total. The summed E-state index contributed by atoms with van der Waals surface area (Å²) in [4.78, 5) is 54.1. The van der Waals surface area contributed by atoms with Gasteiger partial charge in [-0.15, -0.1) is 0 Å². The SMILES string of the molecule is Cc1cc(COc2ccc(C(=O)NC(CC(=O)O)(C3NC(=O)NC3=O)C(C)(C)C)cc2)c2ccccc2n1. The van der Waals surface area contributed by atoms with Gasteiger partial charge in [0.05, 0.1) is 17.5 Å². The van der Waals surface area contributed by atoms with Crippen LogP contribution in [0.4, 0.5) is 4.79 Å². The summed E-state index contributed by atoms with van der Waals surface area (Å²) in [5.74, 6) is -1.97. The van der Waals surface area contributed by atoms with Gasteiger partial charge < -0.3 is 20.5 Å². The Labute approximate surface area is 219 Å². The van der Waals surface area contributed by atoms with Gasteiger partial charge in [0, 0.05) is 22.2 Å². The second-order valence-electron chi connectivity index (χ2n) is 10.4. The van der Waals surface area contributed by atoms with Crippen LogP contribution in [-0.2, 0) is 16.2 Å². The number of amides is 4. The van der Waals surface area contributed by atoms with Crippen LogP contribution in [0.3, 0.4) is 0 Å². The standard InChI is InChI=1S/C28H30N4O6/c1-16-13-18(20-7-5-6-8-21(20)29-16)15-38-19-11-9-17(10-12-19)24(35)32-28(14-22(33)34,27(2,3)4)23-25(36)31-26(37)30-23/h5-13,23H,14-15H2,1-4H3,(H,32,35)(H,33,34)(H2,30,31,36,37). The van der Waals surface area contributed by atoms with Crippen LogP contribution in [0.5, 0.6) is 5.75 Å². The number of carboxylic acid groups (broad SMARTS) is 1. The molecular formula is C28H30N4O6. The molecule has 0 saturated carbocycles. The molecule has 0 spiro atoms. The molecule has 1 fully saturated rings. The summed E-state index contributed by atoms with van der Waals surface area (Å²) in [5.41, 5.74) is 0.456. The predicted octanol–water partition coefficient (Wildman–Crippen LogP) is 3.32.